The number of fused-ring (bicyclic) bond motifs is 1. The van der Waals surface area contributed by atoms with Crippen molar-refractivity contribution in [1.29, 1.82) is 0 Å². The lowest BCUT2D eigenvalue weighted by Gasteiger charge is -2.43. The Morgan fingerprint density at radius 1 is 1.21 bits per heavy atom. The predicted octanol–water partition coefficient (Wildman–Crippen LogP) is 2.35. The summed E-state index contributed by atoms with van der Waals surface area (Å²) in [6, 6.07) is 0.531. The molecule has 2 fully saturated rings. The van der Waals surface area contributed by atoms with Gasteiger partial charge in [0.25, 0.3) is 0 Å². The highest BCUT2D eigenvalue weighted by atomic mass is 16.2. The van der Waals surface area contributed by atoms with Gasteiger partial charge in [-0.3, -0.25) is 4.79 Å². The van der Waals surface area contributed by atoms with Crippen LogP contribution in [0.2, 0.25) is 0 Å². The molecule has 14 heavy (non-hydrogen) atoms. The molecule has 0 bridgehead atoms. The van der Waals surface area contributed by atoms with Crippen LogP contribution < -0.4 is 0 Å². The summed E-state index contributed by atoms with van der Waals surface area (Å²) in [5, 5.41) is 0. The smallest absolute Gasteiger partial charge is 0.246 e. The molecule has 1 aliphatic carbocycles. The molecule has 2 nitrogen and oxygen atoms in total. The van der Waals surface area contributed by atoms with E-state index >= 15 is 0 Å². The van der Waals surface area contributed by atoms with Gasteiger partial charge in [-0.05, 0) is 37.7 Å². The number of likely N-dealkylation sites (tertiary alicyclic amines) is 1. The molecule has 1 amide bonds. The summed E-state index contributed by atoms with van der Waals surface area (Å²) in [6.07, 6.45) is 9.17. The number of nitrogens with zero attached hydrogens (tertiary/aromatic N) is 1. The summed E-state index contributed by atoms with van der Waals surface area (Å²) in [5.41, 5.74) is 0. The second-order valence-electron chi connectivity index (χ2n) is 4.49. The molecule has 1 saturated carbocycles. The largest absolute Gasteiger partial charge is 0.336 e. The van der Waals surface area contributed by atoms with Crippen LogP contribution in [0.4, 0.5) is 0 Å². The Kier molecular flexibility index (Phi) is 2.90. The molecule has 0 aromatic heterocycles. The molecule has 2 aliphatic rings. The Hall–Kier alpha value is -0.790. The molecule has 0 N–H and O–H groups in total. The zero-order valence-corrected chi connectivity index (χ0v) is 8.74. The van der Waals surface area contributed by atoms with E-state index in [0.29, 0.717) is 6.04 Å². The third-order valence-electron chi connectivity index (χ3n) is 3.70. The molecule has 0 unspecified atom stereocenters. The summed E-state index contributed by atoms with van der Waals surface area (Å²) in [6.45, 7) is 4.53. The Morgan fingerprint density at radius 2 is 1.93 bits per heavy atom. The molecule has 0 radical (unpaired) electrons. The molecule has 1 saturated heterocycles. The van der Waals surface area contributed by atoms with Crippen LogP contribution in [0.5, 0.6) is 0 Å². The van der Waals surface area contributed by atoms with Crippen molar-refractivity contribution in [2.24, 2.45) is 5.92 Å². The van der Waals surface area contributed by atoms with Gasteiger partial charge < -0.3 is 4.90 Å². The quantitative estimate of drug-likeness (QED) is 0.585. The number of carbonyl (C=O) groups is 1. The maximum atomic E-state index is 11.6. The maximum absolute atomic E-state index is 11.6. The Labute approximate surface area is 86.0 Å². The fourth-order valence-electron chi connectivity index (χ4n) is 3.02. The van der Waals surface area contributed by atoms with Crippen molar-refractivity contribution in [2.75, 3.05) is 6.54 Å². The highest BCUT2D eigenvalue weighted by Gasteiger charge is 2.34. The van der Waals surface area contributed by atoms with E-state index in [4.69, 9.17) is 0 Å². The molecule has 0 aromatic carbocycles. The zero-order chi connectivity index (χ0) is 9.97. The third kappa shape index (κ3) is 1.70. The normalized spacial score (nSPS) is 32.1. The molecule has 1 aliphatic heterocycles. The van der Waals surface area contributed by atoms with E-state index in [1.807, 2.05) is 0 Å². The summed E-state index contributed by atoms with van der Waals surface area (Å²) in [5.74, 6) is 0.919. The van der Waals surface area contributed by atoms with Gasteiger partial charge in [0.1, 0.15) is 0 Å². The lowest BCUT2D eigenvalue weighted by atomic mass is 9.78. The second-order valence-corrected chi connectivity index (χ2v) is 4.49. The summed E-state index contributed by atoms with van der Waals surface area (Å²) in [7, 11) is 0. The third-order valence-corrected chi connectivity index (χ3v) is 3.70. The van der Waals surface area contributed by atoms with Crippen molar-refractivity contribution in [3.63, 3.8) is 0 Å². The SMILES string of the molecule is C=CC(=O)N1CCC[C@H]2CCCC[C@H]21. The molecule has 78 valence electrons. The molecule has 0 spiro atoms. The number of rotatable bonds is 1. The standard InChI is InChI=1S/C12H19NO/c1-2-12(14)13-9-5-7-10-6-3-4-8-11(10)13/h2,10-11H,1,3-9H2/t10-,11-/m1/s1. The van der Waals surface area contributed by atoms with Crippen LogP contribution in [-0.2, 0) is 4.79 Å². The summed E-state index contributed by atoms with van der Waals surface area (Å²) >= 11 is 0. The van der Waals surface area contributed by atoms with E-state index in [-0.39, 0.29) is 5.91 Å². The van der Waals surface area contributed by atoms with E-state index in [0.717, 1.165) is 12.5 Å². The molecule has 2 rings (SSSR count). The van der Waals surface area contributed by atoms with Gasteiger partial charge >= 0.3 is 0 Å². The minimum atomic E-state index is 0.140. The highest BCUT2D eigenvalue weighted by Crippen LogP contribution is 2.35. The van der Waals surface area contributed by atoms with Crippen LogP contribution in [0.25, 0.3) is 0 Å². The second kappa shape index (κ2) is 4.16. The predicted molar refractivity (Wildman–Crippen MR) is 56.9 cm³/mol. The van der Waals surface area contributed by atoms with E-state index < -0.39 is 0 Å². The van der Waals surface area contributed by atoms with Crippen molar-refractivity contribution in [3.8, 4) is 0 Å². The summed E-state index contributed by atoms with van der Waals surface area (Å²) < 4.78 is 0. The van der Waals surface area contributed by atoms with E-state index in [2.05, 4.69) is 11.5 Å². The number of piperidine rings is 1. The fourth-order valence-corrected chi connectivity index (χ4v) is 3.02. The van der Waals surface area contributed by atoms with Crippen molar-refractivity contribution in [2.45, 2.75) is 44.6 Å². The monoisotopic (exact) mass is 193 g/mol. The number of hydrogen-bond acceptors (Lipinski definition) is 1. The van der Waals surface area contributed by atoms with Crippen molar-refractivity contribution >= 4 is 5.91 Å². The first-order valence-corrected chi connectivity index (χ1v) is 5.76. The van der Waals surface area contributed by atoms with Crippen LogP contribution in [0, 0.1) is 5.92 Å². The van der Waals surface area contributed by atoms with Crippen molar-refractivity contribution in [1.82, 2.24) is 4.90 Å². The molecule has 2 heteroatoms. The number of amides is 1. The molecule has 2 atom stereocenters. The van der Waals surface area contributed by atoms with Gasteiger partial charge in [-0.1, -0.05) is 19.4 Å². The van der Waals surface area contributed by atoms with Crippen LogP contribution in [0.1, 0.15) is 38.5 Å². The van der Waals surface area contributed by atoms with Gasteiger partial charge in [0.2, 0.25) is 5.91 Å². The van der Waals surface area contributed by atoms with Gasteiger partial charge in [-0.15, -0.1) is 0 Å². The first-order chi connectivity index (χ1) is 6.83. The maximum Gasteiger partial charge on any atom is 0.246 e. The van der Waals surface area contributed by atoms with Gasteiger partial charge in [-0.2, -0.15) is 0 Å². The van der Waals surface area contributed by atoms with Crippen LogP contribution in [-0.4, -0.2) is 23.4 Å². The first kappa shape index (κ1) is 9.75. The Bertz CT molecular complexity index is 234. The average Bonchev–Trinajstić information content (AvgIpc) is 2.27. The minimum absolute atomic E-state index is 0.140. The van der Waals surface area contributed by atoms with E-state index in [1.54, 1.807) is 0 Å². The van der Waals surface area contributed by atoms with Gasteiger partial charge in [0.05, 0.1) is 0 Å². The van der Waals surface area contributed by atoms with Crippen LogP contribution in [0.15, 0.2) is 12.7 Å². The average molecular weight is 193 g/mol. The zero-order valence-electron chi connectivity index (χ0n) is 8.74. The number of carbonyl (C=O) groups excluding carboxylic acids is 1. The van der Waals surface area contributed by atoms with Gasteiger partial charge in [-0.25, -0.2) is 0 Å². The number of hydrogen-bond donors (Lipinski definition) is 0. The van der Waals surface area contributed by atoms with Crippen molar-refractivity contribution in [3.05, 3.63) is 12.7 Å². The van der Waals surface area contributed by atoms with Crippen LogP contribution in [0.3, 0.4) is 0 Å². The highest BCUT2D eigenvalue weighted by molar-refractivity contribution is 5.87. The molecular formula is C12H19NO. The van der Waals surface area contributed by atoms with Crippen molar-refractivity contribution < 1.29 is 4.79 Å². The van der Waals surface area contributed by atoms with Gasteiger partial charge in [0, 0.05) is 12.6 Å². The molecule has 1 heterocycles. The van der Waals surface area contributed by atoms with E-state index in [9.17, 15) is 4.79 Å². The first-order valence-electron chi connectivity index (χ1n) is 5.76. The summed E-state index contributed by atoms with van der Waals surface area (Å²) in [4.78, 5) is 13.7. The molecule has 0 aromatic rings. The Balaban J connectivity index is 2.08. The van der Waals surface area contributed by atoms with Gasteiger partial charge in [0.15, 0.2) is 0 Å². The lowest BCUT2D eigenvalue weighted by molar-refractivity contribution is -0.132. The molecular weight excluding hydrogens is 174 g/mol. The topological polar surface area (TPSA) is 20.3 Å². The van der Waals surface area contributed by atoms with Crippen LogP contribution >= 0.6 is 0 Å². The lowest BCUT2D eigenvalue weighted by Crippen LogP contribution is -2.49. The minimum Gasteiger partial charge on any atom is -0.336 e. The van der Waals surface area contributed by atoms with E-state index in [1.165, 1.54) is 44.6 Å². The fraction of sp³-hybridized carbons (Fsp3) is 0.750. The Morgan fingerprint density at radius 3 is 2.71 bits per heavy atom.